The molecule has 2 N–H and O–H groups in total. The van der Waals surface area contributed by atoms with Crippen molar-refractivity contribution in [3.05, 3.63) is 23.8 Å². The number of ether oxygens (including phenoxy) is 2. The van der Waals surface area contributed by atoms with Crippen molar-refractivity contribution in [1.82, 2.24) is 0 Å². The Balaban J connectivity index is 2.25. The van der Waals surface area contributed by atoms with E-state index in [4.69, 9.17) is 15.2 Å². The van der Waals surface area contributed by atoms with Gasteiger partial charge in [0.25, 0.3) is 0 Å². The fraction of sp³-hybridized carbons (Fsp3) is 0.647. The largest absolute Gasteiger partial charge is 0.497 e. The number of hydrogen-bond acceptors (Lipinski definition) is 3. The van der Waals surface area contributed by atoms with E-state index in [0.29, 0.717) is 5.92 Å². The minimum Gasteiger partial charge on any atom is -0.497 e. The predicted octanol–water partition coefficient (Wildman–Crippen LogP) is 3.92. The lowest BCUT2D eigenvalue weighted by atomic mass is 9.72. The van der Waals surface area contributed by atoms with Crippen LogP contribution in [0.25, 0.3) is 0 Å². The van der Waals surface area contributed by atoms with Crippen molar-refractivity contribution in [2.45, 2.75) is 45.1 Å². The first-order chi connectivity index (χ1) is 9.71. The summed E-state index contributed by atoms with van der Waals surface area (Å²) in [5.74, 6) is 2.97. The van der Waals surface area contributed by atoms with Gasteiger partial charge in [-0.05, 0) is 24.3 Å². The Hall–Kier alpha value is -1.22. The second-order valence-corrected chi connectivity index (χ2v) is 5.75. The average molecular weight is 277 g/mol. The summed E-state index contributed by atoms with van der Waals surface area (Å²) in [4.78, 5) is 0. The van der Waals surface area contributed by atoms with Gasteiger partial charge in [-0.15, -0.1) is 0 Å². The van der Waals surface area contributed by atoms with Crippen LogP contribution in [0.5, 0.6) is 11.5 Å². The van der Waals surface area contributed by atoms with Gasteiger partial charge in [0.05, 0.1) is 14.2 Å². The molecule has 0 saturated heterocycles. The molecule has 112 valence electrons. The molecule has 0 aliphatic heterocycles. The minimum absolute atomic E-state index is 0.0566. The van der Waals surface area contributed by atoms with Gasteiger partial charge in [0.1, 0.15) is 11.5 Å². The molecule has 1 aliphatic rings. The third-order valence-electron chi connectivity index (χ3n) is 4.75. The summed E-state index contributed by atoms with van der Waals surface area (Å²) in [5, 5.41) is 0. The van der Waals surface area contributed by atoms with Crippen molar-refractivity contribution in [3.63, 3.8) is 0 Å². The molecule has 0 heterocycles. The Labute approximate surface area is 122 Å². The zero-order chi connectivity index (χ0) is 14.5. The smallest absolute Gasteiger partial charge is 0.127 e. The molecule has 20 heavy (non-hydrogen) atoms. The SMILES string of the molecule is CCC1CCCCC1C(N)c1ccc(OC)cc1OC. The standard InChI is InChI=1S/C17H27NO2/c1-4-12-7-5-6-8-14(12)17(18)15-10-9-13(19-2)11-16(15)20-3/h9-12,14,17H,4-8,18H2,1-3H3. The summed E-state index contributed by atoms with van der Waals surface area (Å²) in [5.41, 5.74) is 7.69. The third-order valence-corrected chi connectivity index (χ3v) is 4.75. The molecule has 1 aromatic carbocycles. The maximum absolute atomic E-state index is 6.58. The van der Waals surface area contributed by atoms with Gasteiger partial charge in [0.2, 0.25) is 0 Å². The minimum atomic E-state index is 0.0566. The van der Waals surface area contributed by atoms with Crippen LogP contribution < -0.4 is 15.2 Å². The van der Waals surface area contributed by atoms with E-state index in [2.05, 4.69) is 13.0 Å². The second-order valence-electron chi connectivity index (χ2n) is 5.75. The fourth-order valence-corrected chi connectivity index (χ4v) is 3.54. The summed E-state index contributed by atoms with van der Waals surface area (Å²) in [6.07, 6.45) is 6.41. The van der Waals surface area contributed by atoms with Gasteiger partial charge in [-0.25, -0.2) is 0 Å². The topological polar surface area (TPSA) is 44.5 Å². The molecule has 0 bridgehead atoms. The Morgan fingerprint density at radius 3 is 2.60 bits per heavy atom. The van der Waals surface area contributed by atoms with E-state index in [1.165, 1.54) is 32.1 Å². The van der Waals surface area contributed by atoms with Crippen molar-refractivity contribution in [2.75, 3.05) is 14.2 Å². The van der Waals surface area contributed by atoms with Crippen LogP contribution in [0.3, 0.4) is 0 Å². The molecule has 2 rings (SSSR count). The highest BCUT2D eigenvalue weighted by Gasteiger charge is 2.31. The van der Waals surface area contributed by atoms with E-state index in [1.807, 2.05) is 12.1 Å². The van der Waals surface area contributed by atoms with Gasteiger partial charge in [0, 0.05) is 17.7 Å². The first-order valence-corrected chi connectivity index (χ1v) is 7.68. The number of hydrogen-bond donors (Lipinski definition) is 1. The summed E-state index contributed by atoms with van der Waals surface area (Å²) in [6.45, 7) is 2.28. The molecule has 0 aromatic heterocycles. The molecule has 0 spiro atoms. The van der Waals surface area contributed by atoms with E-state index in [-0.39, 0.29) is 6.04 Å². The van der Waals surface area contributed by atoms with Crippen molar-refractivity contribution in [2.24, 2.45) is 17.6 Å². The van der Waals surface area contributed by atoms with Crippen LogP contribution in [-0.4, -0.2) is 14.2 Å². The van der Waals surface area contributed by atoms with Crippen LogP contribution >= 0.6 is 0 Å². The monoisotopic (exact) mass is 277 g/mol. The van der Waals surface area contributed by atoms with Crippen LogP contribution in [0.15, 0.2) is 18.2 Å². The van der Waals surface area contributed by atoms with E-state index >= 15 is 0 Å². The zero-order valence-electron chi connectivity index (χ0n) is 12.9. The molecule has 3 atom stereocenters. The van der Waals surface area contributed by atoms with Crippen LogP contribution in [-0.2, 0) is 0 Å². The number of methoxy groups -OCH3 is 2. The van der Waals surface area contributed by atoms with Crippen LogP contribution in [0.4, 0.5) is 0 Å². The Morgan fingerprint density at radius 1 is 1.20 bits per heavy atom. The van der Waals surface area contributed by atoms with Crippen molar-refractivity contribution >= 4 is 0 Å². The van der Waals surface area contributed by atoms with E-state index in [0.717, 1.165) is 23.0 Å². The molecular formula is C17H27NO2. The lowest BCUT2D eigenvalue weighted by Gasteiger charge is -2.35. The molecular weight excluding hydrogens is 250 g/mol. The van der Waals surface area contributed by atoms with Crippen molar-refractivity contribution in [1.29, 1.82) is 0 Å². The van der Waals surface area contributed by atoms with Crippen LogP contribution in [0.2, 0.25) is 0 Å². The lowest BCUT2D eigenvalue weighted by Crippen LogP contribution is -2.30. The van der Waals surface area contributed by atoms with Gasteiger partial charge < -0.3 is 15.2 Å². The van der Waals surface area contributed by atoms with Gasteiger partial charge in [0.15, 0.2) is 0 Å². The van der Waals surface area contributed by atoms with Crippen molar-refractivity contribution in [3.8, 4) is 11.5 Å². The molecule has 3 heteroatoms. The van der Waals surface area contributed by atoms with E-state index in [9.17, 15) is 0 Å². The summed E-state index contributed by atoms with van der Waals surface area (Å²) in [6, 6.07) is 6.02. The maximum Gasteiger partial charge on any atom is 0.127 e. The average Bonchev–Trinajstić information content (AvgIpc) is 2.53. The van der Waals surface area contributed by atoms with Crippen LogP contribution in [0, 0.1) is 11.8 Å². The summed E-state index contributed by atoms with van der Waals surface area (Å²) < 4.78 is 10.8. The molecule has 1 fully saturated rings. The number of rotatable bonds is 5. The first kappa shape index (κ1) is 15.2. The quantitative estimate of drug-likeness (QED) is 0.887. The first-order valence-electron chi connectivity index (χ1n) is 7.68. The summed E-state index contributed by atoms with van der Waals surface area (Å²) >= 11 is 0. The zero-order valence-corrected chi connectivity index (χ0v) is 12.9. The number of benzene rings is 1. The molecule has 0 radical (unpaired) electrons. The Bertz CT molecular complexity index is 433. The highest BCUT2D eigenvalue weighted by molar-refractivity contribution is 5.42. The van der Waals surface area contributed by atoms with Crippen molar-refractivity contribution < 1.29 is 9.47 Å². The molecule has 1 aromatic rings. The van der Waals surface area contributed by atoms with Gasteiger partial charge in [-0.2, -0.15) is 0 Å². The predicted molar refractivity (Wildman–Crippen MR) is 82.2 cm³/mol. The molecule has 1 saturated carbocycles. The summed E-state index contributed by atoms with van der Waals surface area (Å²) in [7, 11) is 3.37. The Morgan fingerprint density at radius 2 is 1.95 bits per heavy atom. The highest BCUT2D eigenvalue weighted by atomic mass is 16.5. The maximum atomic E-state index is 6.58. The van der Waals surface area contributed by atoms with Gasteiger partial charge in [-0.1, -0.05) is 38.7 Å². The van der Waals surface area contributed by atoms with Gasteiger partial charge >= 0.3 is 0 Å². The van der Waals surface area contributed by atoms with E-state index < -0.39 is 0 Å². The van der Waals surface area contributed by atoms with E-state index in [1.54, 1.807) is 14.2 Å². The van der Waals surface area contributed by atoms with Crippen LogP contribution in [0.1, 0.15) is 50.6 Å². The Kier molecular flexibility index (Phi) is 5.30. The molecule has 3 unspecified atom stereocenters. The lowest BCUT2D eigenvalue weighted by molar-refractivity contribution is 0.194. The molecule has 0 amide bonds. The highest BCUT2D eigenvalue weighted by Crippen LogP contribution is 2.41. The number of nitrogens with two attached hydrogens (primary N) is 1. The fourth-order valence-electron chi connectivity index (χ4n) is 3.54. The van der Waals surface area contributed by atoms with Gasteiger partial charge in [-0.3, -0.25) is 0 Å². The molecule has 3 nitrogen and oxygen atoms in total. The normalized spacial score (nSPS) is 24.2. The third kappa shape index (κ3) is 3.09. The molecule has 1 aliphatic carbocycles. The second kappa shape index (κ2) is 6.98.